The summed E-state index contributed by atoms with van der Waals surface area (Å²) >= 11 is 0. The van der Waals surface area contributed by atoms with Crippen LogP contribution < -0.4 is 0 Å². The number of benzene rings is 1. The molecule has 0 heterocycles. The first-order valence-electron chi connectivity index (χ1n) is 5.04. The van der Waals surface area contributed by atoms with Crippen LogP contribution in [0.15, 0.2) is 67.8 Å². The summed E-state index contributed by atoms with van der Waals surface area (Å²) in [5, 5.41) is 0. The lowest BCUT2D eigenvalue weighted by molar-refractivity contribution is 1.06. The highest BCUT2D eigenvalue weighted by atomic mass is 14.3. The standard InChI is InChI=1S/C15H14/c1-4-11-12(5-2)14-9-7-8-10-15(14)13(11)6-3/h4-10,12H,1-3H2. The zero-order chi connectivity index (χ0) is 10.8. The molecule has 1 aliphatic carbocycles. The van der Waals surface area contributed by atoms with Gasteiger partial charge in [-0.15, -0.1) is 6.58 Å². The first kappa shape index (κ1) is 9.72. The average molecular weight is 194 g/mol. The van der Waals surface area contributed by atoms with Crippen LogP contribution in [-0.2, 0) is 0 Å². The van der Waals surface area contributed by atoms with E-state index in [2.05, 4.69) is 44.0 Å². The lowest BCUT2D eigenvalue weighted by atomic mass is 9.96. The molecule has 0 saturated carbocycles. The van der Waals surface area contributed by atoms with Gasteiger partial charge in [0.05, 0.1) is 0 Å². The molecule has 1 unspecified atom stereocenters. The summed E-state index contributed by atoms with van der Waals surface area (Å²) in [5.41, 5.74) is 4.95. The molecule has 0 heteroatoms. The van der Waals surface area contributed by atoms with E-state index in [4.69, 9.17) is 0 Å². The highest BCUT2D eigenvalue weighted by Crippen LogP contribution is 2.43. The smallest absolute Gasteiger partial charge is 0.0279 e. The van der Waals surface area contributed by atoms with E-state index in [-0.39, 0.29) is 5.92 Å². The Kier molecular flexibility index (Phi) is 2.42. The summed E-state index contributed by atoms with van der Waals surface area (Å²) in [6.07, 6.45) is 5.77. The van der Waals surface area contributed by atoms with Crippen LogP contribution >= 0.6 is 0 Å². The molecule has 0 aliphatic heterocycles. The third-order valence-corrected chi connectivity index (χ3v) is 2.89. The predicted molar refractivity (Wildman–Crippen MR) is 66.7 cm³/mol. The quantitative estimate of drug-likeness (QED) is 0.635. The molecule has 0 saturated heterocycles. The molecular weight excluding hydrogens is 180 g/mol. The average Bonchev–Trinajstić information content (AvgIpc) is 2.61. The molecule has 0 bridgehead atoms. The van der Waals surface area contributed by atoms with Crippen molar-refractivity contribution in [2.45, 2.75) is 5.92 Å². The highest BCUT2D eigenvalue weighted by molar-refractivity contribution is 5.86. The molecule has 0 aromatic heterocycles. The van der Waals surface area contributed by atoms with Gasteiger partial charge in [-0.2, -0.15) is 0 Å². The molecule has 74 valence electrons. The van der Waals surface area contributed by atoms with Crippen molar-refractivity contribution in [3.05, 3.63) is 78.9 Å². The van der Waals surface area contributed by atoms with E-state index in [1.807, 2.05) is 18.2 Å². The fourth-order valence-electron chi connectivity index (χ4n) is 2.22. The maximum Gasteiger partial charge on any atom is 0.0279 e. The van der Waals surface area contributed by atoms with Crippen LogP contribution in [0.1, 0.15) is 17.0 Å². The number of hydrogen-bond donors (Lipinski definition) is 0. The molecule has 2 rings (SSSR count). The van der Waals surface area contributed by atoms with Crippen LogP contribution in [0.5, 0.6) is 0 Å². The van der Waals surface area contributed by atoms with E-state index in [0.29, 0.717) is 0 Å². The molecule has 1 aliphatic rings. The SMILES string of the molecule is C=CC1=C(C=C)C(C=C)c2ccccc21. The van der Waals surface area contributed by atoms with Crippen LogP contribution in [0, 0.1) is 0 Å². The van der Waals surface area contributed by atoms with Gasteiger partial charge in [0.25, 0.3) is 0 Å². The molecular formula is C15H14. The fraction of sp³-hybridized carbons (Fsp3) is 0.0667. The number of hydrogen-bond acceptors (Lipinski definition) is 0. The second kappa shape index (κ2) is 3.74. The van der Waals surface area contributed by atoms with Gasteiger partial charge >= 0.3 is 0 Å². The maximum atomic E-state index is 3.89. The van der Waals surface area contributed by atoms with Crippen molar-refractivity contribution < 1.29 is 0 Å². The van der Waals surface area contributed by atoms with Gasteiger partial charge < -0.3 is 0 Å². The minimum absolute atomic E-state index is 0.270. The minimum atomic E-state index is 0.270. The number of rotatable bonds is 3. The predicted octanol–water partition coefficient (Wildman–Crippen LogP) is 4.10. The molecule has 1 atom stereocenters. The van der Waals surface area contributed by atoms with Crippen molar-refractivity contribution in [1.29, 1.82) is 0 Å². The Morgan fingerprint density at radius 2 is 1.73 bits per heavy atom. The summed E-state index contributed by atoms with van der Waals surface area (Å²) < 4.78 is 0. The van der Waals surface area contributed by atoms with E-state index in [9.17, 15) is 0 Å². The van der Waals surface area contributed by atoms with Gasteiger partial charge in [0, 0.05) is 5.92 Å². The van der Waals surface area contributed by atoms with E-state index in [1.165, 1.54) is 22.3 Å². The van der Waals surface area contributed by atoms with Crippen LogP contribution in [0.3, 0.4) is 0 Å². The van der Waals surface area contributed by atoms with Gasteiger partial charge in [-0.05, 0) is 22.3 Å². The van der Waals surface area contributed by atoms with E-state index in [1.54, 1.807) is 0 Å². The van der Waals surface area contributed by atoms with Gasteiger partial charge in [0.2, 0.25) is 0 Å². The van der Waals surface area contributed by atoms with E-state index < -0.39 is 0 Å². The summed E-state index contributed by atoms with van der Waals surface area (Å²) in [5.74, 6) is 0.270. The molecule has 0 spiro atoms. The first-order valence-corrected chi connectivity index (χ1v) is 5.04. The summed E-state index contributed by atoms with van der Waals surface area (Å²) in [7, 11) is 0. The van der Waals surface area contributed by atoms with Crippen LogP contribution in [0.25, 0.3) is 5.57 Å². The molecule has 0 fully saturated rings. The zero-order valence-electron chi connectivity index (χ0n) is 8.74. The van der Waals surface area contributed by atoms with Gasteiger partial charge in [0.15, 0.2) is 0 Å². The second-order valence-corrected chi connectivity index (χ2v) is 3.58. The van der Waals surface area contributed by atoms with Gasteiger partial charge in [-0.3, -0.25) is 0 Å². The maximum absolute atomic E-state index is 3.89. The Bertz CT molecular complexity index is 461. The van der Waals surface area contributed by atoms with E-state index >= 15 is 0 Å². The minimum Gasteiger partial charge on any atom is -0.102 e. The van der Waals surface area contributed by atoms with Gasteiger partial charge in [-0.1, -0.05) is 55.7 Å². The highest BCUT2D eigenvalue weighted by Gasteiger charge is 2.25. The molecule has 1 aromatic carbocycles. The Morgan fingerprint density at radius 1 is 1.00 bits per heavy atom. The van der Waals surface area contributed by atoms with Crippen molar-refractivity contribution in [2.75, 3.05) is 0 Å². The van der Waals surface area contributed by atoms with Crippen molar-refractivity contribution in [3.8, 4) is 0 Å². The van der Waals surface area contributed by atoms with Crippen molar-refractivity contribution in [1.82, 2.24) is 0 Å². The Hall–Kier alpha value is -1.82. The monoisotopic (exact) mass is 194 g/mol. The molecule has 15 heavy (non-hydrogen) atoms. The molecule has 0 nitrogen and oxygen atoms in total. The molecule has 0 amide bonds. The summed E-state index contributed by atoms with van der Waals surface area (Å²) in [6, 6.07) is 8.37. The molecule has 1 aromatic rings. The Morgan fingerprint density at radius 3 is 2.33 bits per heavy atom. The Balaban J connectivity index is 2.71. The van der Waals surface area contributed by atoms with Crippen molar-refractivity contribution in [2.24, 2.45) is 0 Å². The van der Waals surface area contributed by atoms with Crippen LogP contribution in [0.2, 0.25) is 0 Å². The third-order valence-electron chi connectivity index (χ3n) is 2.89. The second-order valence-electron chi connectivity index (χ2n) is 3.58. The molecule has 0 radical (unpaired) electrons. The topological polar surface area (TPSA) is 0 Å². The summed E-state index contributed by atoms with van der Waals surface area (Å²) in [4.78, 5) is 0. The Labute approximate surface area is 91.0 Å². The lowest BCUT2D eigenvalue weighted by Gasteiger charge is -2.07. The third kappa shape index (κ3) is 1.30. The molecule has 0 N–H and O–H groups in total. The number of fused-ring (bicyclic) bond motifs is 1. The lowest BCUT2D eigenvalue weighted by Crippen LogP contribution is -1.91. The normalized spacial score (nSPS) is 18.5. The summed E-state index contributed by atoms with van der Waals surface area (Å²) in [6.45, 7) is 11.6. The van der Waals surface area contributed by atoms with E-state index in [0.717, 1.165) is 0 Å². The fourth-order valence-corrected chi connectivity index (χ4v) is 2.22. The van der Waals surface area contributed by atoms with Gasteiger partial charge in [0.1, 0.15) is 0 Å². The van der Waals surface area contributed by atoms with Crippen molar-refractivity contribution >= 4 is 5.57 Å². The number of allylic oxidation sites excluding steroid dienone is 5. The first-order chi connectivity index (χ1) is 7.33. The van der Waals surface area contributed by atoms with Crippen LogP contribution in [-0.4, -0.2) is 0 Å². The zero-order valence-corrected chi connectivity index (χ0v) is 8.74. The largest absolute Gasteiger partial charge is 0.102 e. The van der Waals surface area contributed by atoms with Crippen molar-refractivity contribution in [3.63, 3.8) is 0 Å². The van der Waals surface area contributed by atoms with Crippen LogP contribution in [0.4, 0.5) is 0 Å². The van der Waals surface area contributed by atoms with Gasteiger partial charge in [-0.25, -0.2) is 0 Å².